The highest BCUT2D eigenvalue weighted by atomic mass is 35.5. The maximum Gasteiger partial charge on any atom is 0.233 e. The fourth-order valence-corrected chi connectivity index (χ4v) is 3.78. The van der Waals surface area contributed by atoms with Crippen LogP contribution in [0.4, 0.5) is 0 Å². The third-order valence-corrected chi connectivity index (χ3v) is 5.13. The first kappa shape index (κ1) is 18.0. The first-order valence-electron chi connectivity index (χ1n) is 7.97. The number of ether oxygens (including phenoxy) is 1. The van der Waals surface area contributed by atoms with Gasteiger partial charge < -0.3 is 15.5 Å². The summed E-state index contributed by atoms with van der Waals surface area (Å²) in [6.45, 7) is 5.14. The summed E-state index contributed by atoms with van der Waals surface area (Å²) in [5, 5.41) is 9.19. The molecule has 2 unspecified atom stereocenters. The molecule has 0 saturated carbocycles. The fourth-order valence-electron chi connectivity index (χ4n) is 2.80. The third-order valence-electron chi connectivity index (χ3n) is 3.88. The van der Waals surface area contributed by atoms with E-state index < -0.39 is 0 Å². The second-order valence-corrected chi connectivity index (χ2v) is 7.35. The van der Waals surface area contributed by atoms with Gasteiger partial charge in [0.15, 0.2) is 5.82 Å². The number of aromatic nitrogens is 3. The van der Waals surface area contributed by atoms with Crippen molar-refractivity contribution in [2.45, 2.75) is 31.2 Å². The highest BCUT2D eigenvalue weighted by molar-refractivity contribution is 7.99. The Hall–Kier alpha value is -1.77. The highest BCUT2D eigenvalue weighted by Crippen LogP contribution is 2.27. The van der Waals surface area contributed by atoms with Crippen LogP contribution in [0.25, 0.3) is 11.4 Å². The van der Waals surface area contributed by atoms with Crippen LogP contribution in [-0.4, -0.2) is 56.7 Å². The van der Waals surface area contributed by atoms with Gasteiger partial charge in [-0.2, -0.15) is 0 Å². The summed E-state index contributed by atoms with van der Waals surface area (Å²) in [6.07, 6.45) is 0.0883. The summed E-state index contributed by atoms with van der Waals surface area (Å²) in [6, 6.07) is 7.28. The van der Waals surface area contributed by atoms with Crippen molar-refractivity contribution < 1.29 is 9.53 Å². The predicted octanol–water partition coefficient (Wildman–Crippen LogP) is 2.04. The quantitative estimate of drug-likeness (QED) is 0.644. The molecular weight excluding hydrogens is 362 g/mol. The molecule has 1 fully saturated rings. The highest BCUT2D eigenvalue weighted by Gasteiger charge is 2.26. The second kappa shape index (κ2) is 7.63. The van der Waals surface area contributed by atoms with Crippen LogP contribution in [-0.2, 0) is 9.53 Å². The van der Waals surface area contributed by atoms with E-state index in [1.807, 2.05) is 36.9 Å². The molecule has 1 aliphatic heterocycles. The minimum Gasteiger partial charge on any atom is -0.372 e. The number of carbonyl (C=O) groups is 1. The van der Waals surface area contributed by atoms with E-state index in [0.717, 1.165) is 0 Å². The number of nitrogens with two attached hydrogens (primary N) is 1. The predicted molar refractivity (Wildman–Crippen MR) is 97.9 cm³/mol. The molecule has 1 saturated heterocycles. The summed E-state index contributed by atoms with van der Waals surface area (Å²) < 4.78 is 7.02. The lowest BCUT2D eigenvalue weighted by Gasteiger charge is -2.35. The monoisotopic (exact) mass is 381 g/mol. The first-order valence-corrected chi connectivity index (χ1v) is 9.33. The Labute approximate surface area is 155 Å². The molecule has 2 heterocycles. The second-order valence-electron chi connectivity index (χ2n) is 6.00. The number of nitrogen functional groups attached to an aromatic ring is 1. The zero-order chi connectivity index (χ0) is 18.0. The van der Waals surface area contributed by atoms with Crippen LogP contribution < -0.4 is 5.84 Å². The van der Waals surface area contributed by atoms with Gasteiger partial charge in [0, 0.05) is 18.7 Å². The minimum absolute atomic E-state index is 0.0364. The Morgan fingerprint density at radius 1 is 1.32 bits per heavy atom. The van der Waals surface area contributed by atoms with E-state index in [4.69, 9.17) is 22.2 Å². The lowest BCUT2D eigenvalue weighted by Crippen LogP contribution is -2.48. The van der Waals surface area contributed by atoms with Gasteiger partial charge in [0.25, 0.3) is 0 Å². The van der Waals surface area contributed by atoms with Gasteiger partial charge in [0.2, 0.25) is 11.1 Å². The molecule has 0 aliphatic carbocycles. The third kappa shape index (κ3) is 4.08. The molecule has 0 bridgehead atoms. The topological polar surface area (TPSA) is 86.3 Å². The van der Waals surface area contributed by atoms with Crippen molar-refractivity contribution in [1.82, 2.24) is 19.8 Å². The smallest absolute Gasteiger partial charge is 0.233 e. The lowest BCUT2D eigenvalue weighted by molar-refractivity contribution is -0.140. The Kier molecular flexibility index (Phi) is 5.51. The molecule has 134 valence electrons. The summed E-state index contributed by atoms with van der Waals surface area (Å²) in [7, 11) is 0. The van der Waals surface area contributed by atoms with Gasteiger partial charge in [0.05, 0.1) is 23.0 Å². The van der Waals surface area contributed by atoms with E-state index in [-0.39, 0.29) is 23.9 Å². The molecule has 0 spiro atoms. The molecular formula is C16H20ClN5O2S. The summed E-state index contributed by atoms with van der Waals surface area (Å²) in [5.74, 6) is 6.83. The van der Waals surface area contributed by atoms with Gasteiger partial charge in [0.1, 0.15) is 0 Å². The zero-order valence-corrected chi connectivity index (χ0v) is 15.6. The molecule has 2 atom stereocenters. The van der Waals surface area contributed by atoms with E-state index >= 15 is 0 Å². The van der Waals surface area contributed by atoms with Crippen molar-refractivity contribution in [3.63, 3.8) is 0 Å². The summed E-state index contributed by atoms with van der Waals surface area (Å²) in [4.78, 5) is 14.3. The molecule has 1 amide bonds. The number of hydrogen-bond donors (Lipinski definition) is 1. The molecule has 2 N–H and O–H groups in total. The van der Waals surface area contributed by atoms with E-state index in [1.54, 1.807) is 6.07 Å². The minimum atomic E-state index is 0.0364. The Morgan fingerprint density at radius 3 is 2.68 bits per heavy atom. The number of thioether (sulfide) groups is 1. The number of benzene rings is 1. The Bertz CT molecular complexity index is 759. The number of amides is 1. The van der Waals surface area contributed by atoms with Crippen molar-refractivity contribution in [3.8, 4) is 11.4 Å². The van der Waals surface area contributed by atoms with E-state index in [1.165, 1.54) is 16.4 Å². The molecule has 9 heteroatoms. The number of morpholine rings is 1. The number of carbonyl (C=O) groups excluding carboxylic acids is 1. The number of halogens is 1. The molecule has 2 aromatic rings. The van der Waals surface area contributed by atoms with Gasteiger partial charge in [-0.1, -0.05) is 35.5 Å². The summed E-state index contributed by atoms with van der Waals surface area (Å²) >= 11 is 7.44. The van der Waals surface area contributed by atoms with Crippen molar-refractivity contribution in [2.24, 2.45) is 0 Å². The maximum atomic E-state index is 12.4. The van der Waals surface area contributed by atoms with Crippen molar-refractivity contribution >= 4 is 29.3 Å². The lowest BCUT2D eigenvalue weighted by atomic mass is 10.2. The standard InChI is InChI=1S/C16H20ClN5O2S/c1-10-7-21(8-11(2)24-10)14(23)9-25-16-20-19-15(22(16)18)12-5-3-4-6-13(12)17/h3-6,10-11H,7-9,18H2,1-2H3. The van der Waals surface area contributed by atoms with Crippen LogP contribution in [0, 0.1) is 0 Å². The Morgan fingerprint density at radius 2 is 2.00 bits per heavy atom. The van der Waals surface area contributed by atoms with Crippen molar-refractivity contribution in [3.05, 3.63) is 29.3 Å². The van der Waals surface area contributed by atoms with Crippen molar-refractivity contribution in [2.75, 3.05) is 24.7 Å². The molecule has 0 radical (unpaired) electrons. The van der Waals surface area contributed by atoms with E-state index in [9.17, 15) is 4.79 Å². The van der Waals surface area contributed by atoms with E-state index in [2.05, 4.69) is 10.2 Å². The molecule has 1 aliphatic rings. The summed E-state index contributed by atoms with van der Waals surface area (Å²) in [5.41, 5.74) is 0.702. The molecule has 1 aromatic carbocycles. The molecule has 25 heavy (non-hydrogen) atoms. The number of rotatable bonds is 4. The maximum absolute atomic E-state index is 12.4. The van der Waals surface area contributed by atoms with Gasteiger partial charge in [-0.05, 0) is 26.0 Å². The van der Waals surface area contributed by atoms with E-state index in [0.29, 0.717) is 34.7 Å². The van der Waals surface area contributed by atoms with Crippen LogP contribution in [0.2, 0.25) is 5.02 Å². The van der Waals surface area contributed by atoms with Gasteiger partial charge in [-0.25, -0.2) is 4.68 Å². The number of hydrogen-bond acceptors (Lipinski definition) is 6. The fraction of sp³-hybridized carbons (Fsp3) is 0.438. The SMILES string of the molecule is CC1CN(C(=O)CSc2nnc(-c3ccccc3Cl)n2N)CC(C)O1. The van der Waals surface area contributed by atoms with Crippen molar-refractivity contribution in [1.29, 1.82) is 0 Å². The van der Waals surface area contributed by atoms with Crippen LogP contribution in [0.5, 0.6) is 0 Å². The van der Waals surface area contributed by atoms with Gasteiger partial charge >= 0.3 is 0 Å². The number of nitrogens with zero attached hydrogens (tertiary/aromatic N) is 4. The average Bonchev–Trinajstić information content (AvgIpc) is 2.93. The van der Waals surface area contributed by atoms with Gasteiger partial charge in [-0.15, -0.1) is 10.2 Å². The van der Waals surface area contributed by atoms with Crippen LogP contribution in [0.3, 0.4) is 0 Å². The largest absolute Gasteiger partial charge is 0.372 e. The molecule has 7 nitrogen and oxygen atoms in total. The van der Waals surface area contributed by atoms with Crippen LogP contribution in [0.15, 0.2) is 29.4 Å². The molecule has 3 rings (SSSR count). The average molecular weight is 382 g/mol. The molecule has 1 aromatic heterocycles. The van der Waals surface area contributed by atoms with Gasteiger partial charge in [-0.3, -0.25) is 4.79 Å². The Balaban J connectivity index is 1.66. The van der Waals surface area contributed by atoms with Crippen LogP contribution in [0.1, 0.15) is 13.8 Å². The zero-order valence-electron chi connectivity index (χ0n) is 14.1. The normalized spacial score (nSPS) is 20.7. The first-order chi connectivity index (χ1) is 12.0. The van der Waals surface area contributed by atoms with Crippen LogP contribution >= 0.6 is 23.4 Å².